The summed E-state index contributed by atoms with van der Waals surface area (Å²) in [4.78, 5) is 0. The van der Waals surface area contributed by atoms with E-state index in [1.54, 1.807) is 14.2 Å². The number of methoxy groups -OCH3 is 2. The van der Waals surface area contributed by atoms with Crippen LogP contribution in [0.2, 0.25) is 0 Å². The standard InChI is InChI=1S/C48H59O7P/c1-46(2,3)37-23-18-24-40(43(37)49)56(41-27-35(50-10)25-38(47(4,5)6)44(41)54-31-52-29-33-19-14-12-15-20-33)42-28-36(51-11)26-39(48(7,8)9)45(42)55-32-53-30-34-21-16-13-17-22-34/h12-28,49H,29-32H2,1-11H3. The molecule has 0 aliphatic carbocycles. The Hall–Kier alpha value is -4.55. The highest BCUT2D eigenvalue weighted by atomic mass is 31.1. The molecule has 0 radical (unpaired) electrons. The molecule has 0 fully saturated rings. The lowest BCUT2D eigenvalue weighted by Gasteiger charge is -2.33. The van der Waals surface area contributed by atoms with Crippen LogP contribution in [0.15, 0.2) is 103 Å². The summed E-state index contributed by atoms with van der Waals surface area (Å²) in [6.07, 6.45) is 0. The number of hydrogen-bond donors (Lipinski definition) is 1. The lowest BCUT2D eigenvalue weighted by Crippen LogP contribution is -2.30. The first-order chi connectivity index (χ1) is 26.5. The number of phenols is 1. The molecular formula is C48H59O7P. The van der Waals surface area contributed by atoms with Gasteiger partial charge >= 0.3 is 0 Å². The molecule has 0 saturated carbocycles. The number of ether oxygens (including phenoxy) is 6. The predicted octanol–water partition coefficient (Wildman–Crippen LogP) is 10.2. The summed E-state index contributed by atoms with van der Waals surface area (Å²) in [6.45, 7) is 20.1. The Kier molecular flexibility index (Phi) is 13.8. The molecule has 5 rings (SSSR count). The Bertz CT molecular complexity index is 1920. The summed E-state index contributed by atoms with van der Waals surface area (Å²) in [5.41, 5.74) is 3.78. The zero-order chi connectivity index (χ0) is 40.7. The molecule has 56 heavy (non-hydrogen) atoms. The van der Waals surface area contributed by atoms with Crippen molar-refractivity contribution in [1.82, 2.24) is 0 Å². The SMILES string of the molecule is COc1cc(P(c2cccc(C(C)(C)C)c2O)c2cc(OC)cc(C(C)(C)C)c2OCOCc2ccccc2)c(OCOCc2ccccc2)c(C(C)(C)C)c1. The van der Waals surface area contributed by atoms with Gasteiger partial charge < -0.3 is 33.5 Å². The summed E-state index contributed by atoms with van der Waals surface area (Å²) in [7, 11) is 1.71. The van der Waals surface area contributed by atoms with Crippen molar-refractivity contribution in [2.24, 2.45) is 0 Å². The van der Waals surface area contributed by atoms with Gasteiger partial charge in [0, 0.05) is 27.0 Å². The van der Waals surface area contributed by atoms with E-state index in [9.17, 15) is 5.11 Å². The largest absolute Gasteiger partial charge is 0.507 e. The molecule has 1 N–H and O–H groups in total. The van der Waals surface area contributed by atoms with E-state index >= 15 is 0 Å². The molecule has 0 unspecified atom stereocenters. The molecule has 0 spiro atoms. The van der Waals surface area contributed by atoms with Crippen LogP contribution >= 0.6 is 7.92 Å². The topological polar surface area (TPSA) is 75.6 Å². The van der Waals surface area contributed by atoms with E-state index in [-0.39, 0.29) is 35.6 Å². The summed E-state index contributed by atoms with van der Waals surface area (Å²) in [5, 5.41) is 14.9. The first-order valence-electron chi connectivity index (χ1n) is 19.1. The van der Waals surface area contributed by atoms with Crippen molar-refractivity contribution in [2.45, 2.75) is 91.8 Å². The highest BCUT2D eigenvalue weighted by Crippen LogP contribution is 2.50. The molecule has 0 aliphatic rings. The maximum atomic E-state index is 12.4. The Morgan fingerprint density at radius 2 is 0.893 bits per heavy atom. The van der Waals surface area contributed by atoms with Gasteiger partial charge in [0.2, 0.25) is 0 Å². The molecule has 0 heterocycles. The zero-order valence-electron chi connectivity index (χ0n) is 35.0. The number of phenolic OH excluding ortho intramolecular Hbond substituents is 1. The van der Waals surface area contributed by atoms with Gasteiger partial charge in [-0.2, -0.15) is 0 Å². The van der Waals surface area contributed by atoms with Gasteiger partial charge in [-0.25, -0.2) is 0 Å². The van der Waals surface area contributed by atoms with Gasteiger partial charge in [-0.3, -0.25) is 0 Å². The fourth-order valence-corrected chi connectivity index (χ4v) is 9.17. The number of rotatable bonds is 15. The minimum absolute atomic E-state index is 0.0104. The molecule has 0 amide bonds. The number of para-hydroxylation sites is 1. The predicted molar refractivity (Wildman–Crippen MR) is 229 cm³/mol. The summed E-state index contributed by atoms with van der Waals surface area (Å²) >= 11 is 0. The van der Waals surface area contributed by atoms with E-state index in [0.29, 0.717) is 36.2 Å². The molecule has 5 aromatic carbocycles. The fourth-order valence-electron chi connectivity index (χ4n) is 6.54. The van der Waals surface area contributed by atoms with Crippen LogP contribution < -0.4 is 34.9 Å². The molecule has 7 nitrogen and oxygen atoms in total. The van der Waals surface area contributed by atoms with Crippen LogP contribution in [-0.2, 0) is 38.9 Å². The van der Waals surface area contributed by atoms with Crippen molar-refractivity contribution in [1.29, 1.82) is 0 Å². The Morgan fingerprint density at radius 1 is 0.482 bits per heavy atom. The third kappa shape index (κ3) is 10.4. The minimum Gasteiger partial charge on any atom is -0.507 e. The third-order valence-electron chi connectivity index (χ3n) is 9.51. The van der Waals surface area contributed by atoms with Gasteiger partial charge in [-0.1, -0.05) is 141 Å². The van der Waals surface area contributed by atoms with Crippen molar-refractivity contribution < 1.29 is 33.5 Å². The van der Waals surface area contributed by atoms with Crippen molar-refractivity contribution in [3.05, 3.63) is 131 Å². The summed E-state index contributed by atoms with van der Waals surface area (Å²) in [5.74, 6) is 2.92. The van der Waals surface area contributed by atoms with Gasteiger partial charge in [0.1, 0.15) is 28.7 Å². The van der Waals surface area contributed by atoms with Crippen LogP contribution in [0.4, 0.5) is 0 Å². The normalized spacial score (nSPS) is 12.1. The highest BCUT2D eigenvalue weighted by Gasteiger charge is 2.35. The average Bonchev–Trinajstić information content (AvgIpc) is 3.15. The monoisotopic (exact) mass is 778 g/mol. The van der Waals surface area contributed by atoms with Crippen LogP contribution in [-0.4, -0.2) is 32.9 Å². The van der Waals surface area contributed by atoms with E-state index in [1.165, 1.54) is 0 Å². The fraction of sp³-hybridized carbons (Fsp3) is 0.375. The lowest BCUT2D eigenvalue weighted by atomic mass is 9.86. The Morgan fingerprint density at radius 3 is 1.27 bits per heavy atom. The zero-order valence-corrected chi connectivity index (χ0v) is 35.9. The van der Waals surface area contributed by atoms with Crippen molar-refractivity contribution in [3.8, 4) is 28.7 Å². The molecular weight excluding hydrogens is 719 g/mol. The smallest absolute Gasteiger partial charge is 0.189 e. The van der Waals surface area contributed by atoms with Crippen molar-refractivity contribution in [3.63, 3.8) is 0 Å². The van der Waals surface area contributed by atoms with Gasteiger partial charge in [0.15, 0.2) is 13.6 Å². The highest BCUT2D eigenvalue weighted by molar-refractivity contribution is 7.80. The van der Waals surface area contributed by atoms with E-state index in [0.717, 1.165) is 43.7 Å². The second-order valence-corrected chi connectivity index (χ2v) is 19.1. The number of hydrogen-bond acceptors (Lipinski definition) is 7. The molecule has 0 bridgehead atoms. The number of aromatic hydroxyl groups is 1. The summed E-state index contributed by atoms with van der Waals surface area (Å²) in [6, 6.07) is 34.3. The van der Waals surface area contributed by atoms with E-state index in [2.05, 4.69) is 62.3 Å². The van der Waals surface area contributed by atoms with Crippen LogP contribution in [0, 0.1) is 0 Å². The minimum atomic E-state index is -1.64. The first-order valence-corrected chi connectivity index (χ1v) is 20.4. The molecule has 8 heteroatoms. The van der Waals surface area contributed by atoms with Crippen LogP contribution in [0.25, 0.3) is 0 Å². The lowest BCUT2D eigenvalue weighted by molar-refractivity contribution is 0.00470. The Balaban J connectivity index is 1.78. The van der Waals surface area contributed by atoms with Gasteiger partial charge in [-0.05, 0) is 65.1 Å². The molecule has 0 atom stereocenters. The molecule has 0 aliphatic heterocycles. The maximum Gasteiger partial charge on any atom is 0.189 e. The molecule has 0 saturated heterocycles. The third-order valence-corrected chi connectivity index (χ3v) is 12.0. The first kappa shape index (κ1) is 42.6. The molecule has 5 aromatic rings. The van der Waals surface area contributed by atoms with Gasteiger partial charge in [0.25, 0.3) is 0 Å². The second-order valence-electron chi connectivity index (χ2n) is 17.0. The van der Waals surface area contributed by atoms with E-state index < -0.39 is 7.92 Å². The average molecular weight is 779 g/mol. The van der Waals surface area contributed by atoms with Crippen LogP contribution in [0.3, 0.4) is 0 Å². The van der Waals surface area contributed by atoms with E-state index in [1.807, 2.05) is 103 Å². The second kappa shape index (κ2) is 18.1. The molecule has 298 valence electrons. The number of benzene rings is 5. The van der Waals surface area contributed by atoms with Crippen LogP contribution in [0.1, 0.15) is 90.1 Å². The van der Waals surface area contributed by atoms with Crippen LogP contribution in [0.5, 0.6) is 28.7 Å². The summed E-state index contributed by atoms with van der Waals surface area (Å²) < 4.78 is 37.9. The van der Waals surface area contributed by atoms with Crippen molar-refractivity contribution >= 4 is 23.8 Å². The van der Waals surface area contributed by atoms with Gasteiger partial charge in [-0.15, -0.1) is 0 Å². The molecule has 0 aromatic heterocycles. The Labute approximate surface area is 335 Å². The quantitative estimate of drug-likeness (QED) is 0.0644. The van der Waals surface area contributed by atoms with Gasteiger partial charge in [0.05, 0.1) is 27.4 Å². The van der Waals surface area contributed by atoms with Crippen molar-refractivity contribution in [2.75, 3.05) is 27.8 Å². The maximum absolute atomic E-state index is 12.4. The van der Waals surface area contributed by atoms with E-state index in [4.69, 9.17) is 28.4 Å².